The van der Waals surface area contributed by atoms with Crippen LogP contribution >= 0.6 is 0 Å². The van der Waals surface area contributed by atoms with E-state index in [1.807, 2.05) is 6.92 Å². The normalized spacial score (nSPS) is 10.6. The van der Waals surface area contributed by atoms with E-state index < -0.39 is 0 Å². The molecule has 0 unspecified atom stereocenters. The number of nitrogens with zero attached hydrogens (tertiary/aromatic N) is 3. The summed E-state index contributed by atoms with van der Waals surface area (Å²) in [5, 5.41) is 3.80. The molecule has 6 nitrogen and oxygen atoms in total. The van der Waals surface area contributed by atoms with E-state index in [-0.39, 0.29) is 5.91 Å². The Balaban J connectivity index is 1.94. The van der Waals surface area contributed by atoms with E-state index in [0.29, 0.717) is 30.2 Å². The van der Waals surface area contributed by atoms with E-state index in [9.17, 15) is 4.79 Å². The van der Waals surface area contributed by atoms with E-state index >= 15 is 0 Å². The zero-order chi connectivity index (χ0) is 13.1. The Morgan fingerprint density at radius 2 is 2.28 bits per heavy atom. The highest BCUT2D eigenvalue weighted by molar-refractivity contribution is 5.95. The second-order valence-electron chi connectivity index (χ2n) is 4.22. The van der Waals surface area contributed by atoms with Crippen molar-refractivity contribution in [1.29, 1.82) is 0 Å². The molecular formula is C12H16N4O2. The van der Waals surface area contributed by atoms with Crippen molar-refractivity contribution in [3.63, 3.8) is 0 Å². The smallest absolute Gasteiger partial charge is 0.255 e. The molecule has 18 heavy (non-hydrogen) atoms. The van der Waals surface area contributed by atoms with Gasteiger partial charge >= 0.3 is 0 Å². The molecule has 0 aliphatic rings. The zero-order valence-electron chi connectivity index (χ0n) is 10.7. The molecule has 6 heteroatoms. The third-order valence-corrected chi connectivity index (χ3v) is 2.77. The zero-order valence-corrected chi connectivity index (χ0v) is 10.7. The minimum absolute atomic E-state index is 0.00559. The Morgan fingerprint density at radius 1 is 1.50 bits per heavy atom. The highest BCUT2D eigenvalue weighted by Gasteiger charge is 2.15. The Kier molecular flexibility index (Phi) is 3.45. The summed E-state index contributed by atoms with van der Waals surface area (Å²) in [5.74, 6) is 1.16. The van der Waals surface area contributed by atoms with E-state index in [1.165, 1.54) is 0 Å². The summed E-state index contributed by atoms with van der Waals surface area (Å²) in [4.78, 5) is 20.8. The third-order valence-electron chi connectivity index (χ3n) is 2.77. The van der Waals surface area contributed by atoms with Gasteiger partial charge in [-0.25, -0.2) is 0 Å². The topological polar surface area (TPSA) is 75.0 Å². The fraction of sp³-hybridized carbons (Fsp3) is 0.417. The second-order valence-corrected chi connectivity index (χ2v) is 4.22. The molecule has 0 aromatic carbocycles. The molecule has 0 radical (unpaired) electrons. The lowest BCUT2D eigenvalue weighted by atomic mass is 10.2. The maximum atomic E-state index is 12.1. The lowest BCUT2D eigenvalue weighted by Gasteiger charge is -2.15. The summed E-state index contributed by atoms with van der Waals surface area (Å²) < 4.78 is 4.88. The Bertz CT molecular complexity index is 544. The summed E-state index contributed by atoms with van der Waals surface area (Å²) in [6.07, 6.45) is 2.35. The van der Waals surface area contributed by atoms with Crippen molar-refractivity contribution in [3.05, 3.63) is 35.2 Å². The van der Waals surface area contributed by atoms with Crippen LogP contribution in [0.5, 0.6) is 0 Å². The molecule has 2 heterocycles. The Labute approximate surface area is 105 Å². The van der Waals surface area contributed by atoms with E-state index in [0.717, 1.165) is 5.69 Å². The minimum Gasteiger partial charge on any atom is -0.365 e. The predicted molar refractivity (Wildman–Crippen MR) is 65.2 cm³/mol. The van der Waals surface area contributed by atoms with Gasteiger partial charge in [0.05, 0.1) is 5.56 Å². The highest BCUT2D eigenvalue weighted by atomic mass is 16.5. The standard InChI is InChI=1S/C12H16N4O2/c1-8-10(4-6-13-8)12(17)16(3)7-5-11-14-9(2)18-15-11/h4,6,13H,5,7H2,1-3H3. The number of nitrogens with one attached hydrogen (secondary N) is 1. The van der Waals surface area contributed by atoms with Crippen molar-refractivity contribution >= 4 is 5.91 Å². The van der Waals surface area contributed by atoms with Gasteiger partial charge in [-0.15, -0.1) is 0 Å². The van der Waals surface area contributed by atoms with Gasteiger partial charge in [0, 0.05) is 38.8 Å². The molecule has 1 N–H and O–H groups in total. The lowest BCUT2D eigenvalue weighted by Crippen LogP contribution is -2.29. The number of carbonyl (C=O) groups is 1. The highest BCUT2D eigenvalue weighted by Crippen LogP contribution is 2.08. The molecular weight excluding hydrogens is 232 g/mol. The lowest BCUT2D eigenvalue weighted by molar-refractivity contribution is 0.0795. The van der Waals surface area contributed by atoms with Gasteiger partial charge in [-0.05, 0) is 13.0 Å². The van der Waals surface area contributed by atoms with Gasteiger partial charge in [0.15, 0.2) is 5.82 Å². The first-order valence-corrected chi connectivity index (χ1v) is 5.76. The van der Waals surface area contributed by atoms with Gasteiger partial charge in [0.25, 0.3) is 5.91 Å². The average molecular weight is 248 g/mol. The van der Waals surface area contributed by atoms with E-state index in [1.54, 1.807) is 31.1 Å². The average Bonchev–Trinajstić information content (AvgIpc) is 2.94. The van der Waals surface area contributed by atoms with Crippen LogP contribution in [0.4, 0.5) is 0 Å². The van der Waals surface area contributed by atoms with Gasteiger partial charge in [-0.2, -0.15) is 4.98 Å². The number of H-pyrrole nitrogens is 1. The van der Waals surface area contributed by atoms with Gasteiger partial charge < -0.3 is 14.4 Å². The molecule has 0 spiro atoms. The maximum absolute atomic E-state index is 12.1. The Morgan fingerprint density at radius 3 is 2.83 bits per heavy atom. The number of aromatic amines is 1. The molecule has 0 aliphatic heterocycles. The van der Waals surface area contributed by atoms with Crippen LogP contribution in [-0.4, -0.2) is 39.5 Å². The van der Waals surface area contributed by atoms with E-state index in [2.05, 4.69) is 15.1 Å². The molecule has 0 aliphatic carbocycles. The second kappa shape index (κ2) is 5.03. The number of carbonyl (C=O) groups excluding carboxylic acids is 1. The number of rotatable bonds is 4. The maximum Gasteiger partial charge on any atom is 0.255 e. The molecule has 0 atom stereocenters. The van der Waals surface area contributed by atoms with Gasteiger partial charge in [0.1, 0.15) is 0 Å². The van der Waals surface area contributed by atoms with Crippen molar-refractivity contribution in [2.24, 2.45) is 0 Å². The first-order valence-electron chi connectivity index (χ1n) is 5.76. The quantitative estimate of drug-likeness (QED) is 0.885. The fourth-order valence-electron chi connectivity index (χ4n) is 1.70. The van der Waals surface area contributed by atoms with Crippen molar-refractivity contribution in [2.75, 3.05) is 13.6 Å². The number of hydrogen-bond acceptors (Lipinski definition) is 4. The molecule has 1 amide bonds. The van der Waals surface area contributed by atoms with Crippen LogP contribution in [0.3, 0.4) is 0 Å². The van der Waals surface area contributed by atoms with Gasteiger partial charge in [-0.3, -0.25) is 4.79 Å². The molecule has 0 saturated carbocycles. The summed E-state index contributed by atoms with van der Waals surface area (Å²) >= 11 is 0. The number of aryl methyl sites for hydroxylation is 2. The van der Waals surface area contributed by atoms with Crippen LogP contribution in [0.25, 0.3) is 0 Å². The summed E-state index contributed by atoms with van der Waals surface area (Å²) in [7, 11) is 1.77. The predicted octanol–water partition coefficient (Wildman–Crippen LogP) is 1.33. The van der Waals surface area contributed by atoms with Crippen LogP contribution in [0, 0.1) is 13.8 Å². The number of likely N-dealkylation sites (N-methyl/N-ethyl adjacent to an activating group) is 1. The minimum atomic E-state index is -0.00559. The van der Waals surface area contributed by atoms with Crippen molar-refractivity contribution < 1.29 is 9.32 Å². The van der Waals surface area contributed by atoms with Crippen LogP contribution in [0.2, 0.25) is 0 Å². The Hall–Kier alpha value is -2.11. The van der Waals surface area contributed by atoms with Gasteiger partial charge in [-0.1, -0.05) is 5.16 Å². The van der Waals surface area contributed by atoms with Crippen molar-refractivity contribution in [3.8, 4) is 0 Å². The SMILES string of the molecule is Cc1nc(CCN(C)C(=O)c2cc[nH]c2C)no1. The molecule has 2 rings (SSSR count). The molecule has 96 valence electrons. The first kappa shape index (κ1) is 12.3. The molecule has 2 aromatic heterocycles. The molecule has 0 fully saturated rings. The van der Waals surface area contributed by atoms with E-state index in [4.69, 9.17) is 4.52 Å². The van der Waals surface area contributed by atoms with Crippen LogP contribution in [-0.2, 0) is 6.42 Å². The van der Waals surface area contributed by atoms with Gasteiger partial charge in [0.2, 0.25) is 5.89 Å². The fourth-order valence-corrected chi connectivity index (χ4v) is 1.70. The van der Waals surface area contributed by atoms with Crippen LogP contribution < -0.4 is 0 Å². The molecule has 2 aromatic rings. The summed E-state index contributed by atoms with van der Waals surface area (Å²) in [6, 6.07) is 1.78. The summed E-state index contributed by atoms with van der Waals surface area (Å²) in [6.45, 7) is 4.18. The third kappa shape index (κ3) is 2.58. The number of aromatic nitrogens is 3. The first-order chi connectivity index (χ1) is 8.58. The van der Waals surface area contributed by atoms with Crippen molar-refractivity contribution in [2.45, 2.75) is 20.3 Å². The molecule has 0 bridgehead atoms. The number of hydrogen-bond donors (Lipinski definition) is 1. The monoisotopic (exact) mass is 248 g/mol. The number of amides is 1. The molecule has 0 saturated heterocycles. The van der Waals surface area contributed by atoms with Crippen LogP contribution in [0.15, 0.2) is 16.8 Å². The largest absolute Gasteiger partial charge is 0.365 e. The van der Waals surface area contributed by atoms with Crippen LogP contribution in [0.1, 0.15) is 27.8 Å². The van der Waals surface area contributed by atoms with Crippen molar-refractivity contribution in [1.82, 2.24) is 20.0 Å². The summed E-state index contributed by atoms with van der Waals surface area (Å²) in [5.41, 5.74) is 1.57.